The summed E-state index contributed by atoms with van der Waals surface area (Å²) in [5.41, 5.74) is 2.92. The van der Waals surface area contributed by atoms with Gasteiger partial charge in [-0.15, -0.1) is 12.4 Å². The minimum absolute atomic E-state index is 0. The smallest absolute Gasteiger partial charge is 0.00876 e. The van der Waals surface area contributed by atoms with Crippen molar-refractivity contribution < 1.29 is 0 Å². The molecule has 1 aliphatic rings. The third kappa shape index (κ3) is 4.87. The number of nitrogens with one attached hydrogen (secondary N) is 1. The van der Waals surface area contributed by atoms with Gasteiger partial charge in [0.1, 0.15) is 0 Å². The van der Waals surface area contributed by atoms with Crippen LogP contribution in [0.15, 0.2) is 60.7 Å². The van der Waals surface area contributed by atoms with E-state index in [4.69, 9.17) is 0 Å². The van der Waals surface area contributed by atoms with Crippen molar-refractivity contribution in [3.05, 3.63) is 71.8 Å². The minimum Gasteiger partial charge on any atom is -0.311 e. The van der Waals surface area contributed by atoms with E-state index in [9.17, 15) is 0 Å². The monoisotopic (exact) mass is 301 g/mol. The molecule has 1 nitrogen and oxygen atoms in total. The first-order valence-electron chi connectivity index (χ1n) is 7.74. The molecule has 0 aromatic heterocycles. The first kappa shape index (κ1) is 16.1. The predicted molar refractivity (Wildman–Crippen MR) is 92.1 cm³/mol. The Labute approximate surface area is 134 Å². The SMILES string of the molecule is Cl.c1ccc(CC[C@@H]2C[C@@H](CCc3ccccc3)N2)cc1. The lowest BCUT2D eigenvalue weighted by molar-refractivity contribution is 0.240. The van der Waals surface area contributed by atoms with E-state index in [2.05, 4.69) is 66.0 Å². The Morgan fingerprint density at radius 2 is 1.10 bits per heavy atom. The third-order valence-electron chi connectivity index (χ3n) is 4.29. The Morgan fingerprint density at radius 3 is 1.48 bits per heavy atom. The molecule has 0 aliphatic carbocycles. The number of aryl methyl sites for hydroxylation is 2. The second-order valence-corrected chi connectivity index (χ2v) is 5.84. The second-order valence-electron chi connectivity index (χ2n) is 5.84. The Bertz CT molecular complexity index is 458. The van der Waals surface area contributed by atoms with E-state index in [0.29, 0.717) is 0 Å². The third-order valence-corrected chi connectivity index (χ3v) is 4.29. The van der Waals surface area contributed by atoms with Crippen LogP contribution in [0.4, 0.5) is 0 Å². The molecule has 1 aliphatic heterocycles. The summed E-state index contributed by atoms with van der Waals surface area (Å²) in [6, 6.07) is 23.1. The number of benzene rings is 2. The van der Waals surface area contributed by atoms with E-state index >= 15 is 0 Å². The van der Waals surface area contributed by atoms with Crippen LogP contribution in [-0.4, -0.2) is 12.1 Å². The molecule has 2 heteroatoms. The summed E-state index contributed by atoms with van der Waals surface area (Å²) in [7, 11) is 0. The maximum Gasteiger partial charge on any atom is 0.00876 e. The summed E-state index contributed by atoms with van der Waals surface area (Å²) in [5.74, 6) is 0. The van der Waals surface area contributed by atoms with Crippen molar-refractivity contribution in [3.8, 4) is 0 Å². The molecular formula is C19H24ClN. The van der Waals surface area contributed by atoms with E-state index in [1.807, 2.05) is 0 Å². The maximum absolute atomic E-state index is 3.72. The molecule has 1 fully saturated rings. The zero-order valence-corrected chi connectivity index (χ0v) is 13.2. The highest BCUT2D eigenvalue weighted by molar-refractivity contribution is 5.85. The van der Waals surface area contributed by atoms with Crippen LogP contribution in [0.3, 0.4) is 0 Å². The van der Waals surface area contributed by atoms with Gasteiger partial charge in [0.2, 0.25) is 0 Å². The average molecular weight is 302 g/mol. The molecule has 2 aromatic carbocycles. The first-order chi connectivity index (χ1) is 9.90. The zero-order valence-electron chi connectivity index (χ0n) is 12.4. The number of hydrogen-bond donors (Lipinski definition) is 1. The van der Waals surface area contributed by atoms with Crippen molar-refractivity contribution >= 4 is 12.4 Å². The molecule has 1 N–H and O–H groups in total. The van der Waals surface area contributed by atoms with Crippen LogP contribution in [0.25, 0.3) is 0 Å². The fourth-order valence-electron chi connectivity index (χ4n) is 3.03. The van der Waals surface area contributed by atoms with E-state index in [1.165, 1.54) is 43.2 Å². The molecule has 0 saturated carbocycles. The van der Waals surface area contributed by atoms with Crippen molar-refractivity contribution in [2.24, 2.45) is 0 Å². The van der Waals surface area contributed by atoms with Gasteiger partial charge in [0.25, 0.3) is 0 Å². The number of hydrogen-bond acceptors (Lipinski definition) is 1. The molecule has 0 unspecified atom stereocenters. The first-order valence-corrected chi connectivity index (χ1v) is 7.74. The summed E-state index contributed by atoms with van der Waals surface area (Å²) in [6.45, 7) is 0. The van der Waals surface area contributed by atoms with Crippen LogP contribution in [0.2, 0.25) is 0 Å². The number of halogens is 1. The van der Waals surface area contributed by atoms with E-state index in [1.54, 1.807) is 0 Å². The zero-order chi connectivity index (χ0) is 13.6. The molecule has 2 atom stereocenters. The van der Waals surface area contributed by atoms with E-state index < -0.39 is 0 Å². The van der Waals surface area contributed by atoms with Gasteiger partial charge in [-0.2, -0.15) is 0 Å². The van der Waals surface area contributed by atoms with E-state index in [-0.39, 0.29) is 12.4 Å². The van der Waals surface area contributed by atoms with Crippen LogP contribution in [-0.2, 0) is 12.8 Å². The van der Waals surface area contributed by atoms with Gasteiger partial charge in [-0.3, -0.25) is 0 Å². The highest BCUT2D eigenvalue weighted by atomic mass is 35.5. The minimum atomic E-state index is 0. The lowest BCUT2D eigenvalue weighted by atomic mass is 9.88. The fraction of sp³-hybridized carbons (Fsp3) is 0.368. The normalized spacial score (nSPS) is 20.4. The van der Waals surface area contributed by atoms with Gasteiger partial charge in [-0.05, 0) is 43.2 Å². The van der Waals surface area contributed by atoms with Crippen molar-refractivity contribution in [1.82, 2.24) is 5.32 Å². The summed E-state index contributed by atoms with van der Waals surface area (Å²) in [5, 5.41) is 3.72. The summed E-state index contributed by atoms with van der Waals surface area (Å²) in [6.07, 6.45) is 6.28. The van der Waals surface area contributed by atoms with Gasteiger partial charge in [-0.1, -0.05) is 60.7 Å². The fourth-order valence-corrected chi connectivity index (χ4v) is 3.03. The molecule has 0 radical (unpaired) electrons. The van der Waals surface area contributed by atoms with Crippen molar-refractivity contribution in [3.63, 3.8) is 0 Å². The molecule has 2 aromatic rings. The van der Waals surface area contributed by atoms with Gasteiger partial charge >= 0.3 is 0 Å². The topological polar surface area (TPSA) is 12.0 Å². The van der Waals surface area contributed by atoms with Crippen molar-refractivity contribution in [1.29, 1.82) is 0 Å². The van der Waals surface area contributed by atoms with Crippen molar-refractivity contribution in [2.75, 3.05) is 0 Å². The molecule has 112 valence electrons. The van der Waals surface area contributed by atoms with Gasteiger partial charge in [0.15, 0.2) is 0 Å². The van der Waals surface area contributed by atoms with Gasteiger partial charge in [0, 0.05) is 12.1 Å². The molecule has 21 heavy (non-hydrogen) atoms. The van der Waals surface area contributed by atoms with Crippen molar-refractivity contribution in [2.45, 2.75) is 44.2 Å². The average Bonchev–Trinajstić information content (AvgIpc) is 2.47. The Hall–Kier alpha value is -1.31. The standard InChI is InChI=1S/C19H23N.ClH/c1-3-7-16(8-4-1)11-13-18-15-19(20-18)14-12-17-9-5-2-6-10-17;/h1-10,18-20H,11-15H2;1H/t18-,19-;/m1./s1. The van der Waals surface area contributed by atoms with Gasteiger partial charge < -0.3 is 5.32 Å². The van der Waals surface area contributed by atoms with Crippen LogP contribution >= 0.6 is 12.4 Å². The second kappa shape index (κ2) is 8.21. The molecule has 0 amide bonds. The summed E-state index contributed by atoms with van der Waals surface area (Å²) < 4.78 is 0. The lowest BCUT2D eigenvalue weighted by Crippen LogP contribution is -2.52. The van der Waals surface area contributed by atoms with Crippen LogP contribution in [0.1, 0.15) is 30.4 Å². The number of rotatable bonds is 6. The highest BCUT2D eigenvalue weighted by Gasteiger charge is 2.26. The predicted octanol–water partition coefficient (Wildman–Crippen LogP) is 4.40. The molecule has 0 spiro atoms. The Morgan fingerprint density at radius 1 is 0.714 bits per heavy atom. The molecule has 0 bridgehead atoms. The lowest BCUT2D eigenvalue weighted by Gasteiger charge is -2.37. The molecule has 3 rings (SSSR count). The van der Waals surface area contributed by atoms with Crippen LogP contribution in [0, 0.1) is 0 Å². The molecule has 1 heterocycles. The highest BCUT2D eigenvalue weighted by Crippen LogP contribution is 2.21. The van der Waals surface area contributed by atoms with Gasteiger partial charge in [-0.25, -0.2) is 0 Å². The quantitative estimate of drug-likeness (QED) is 0.833. The summed E-state index contributed by atoms with van der Waals surface area (Å²) >= 11 is 0. The molecular weight excluding hydrogens is 278 g/mol. The van der Waals surface area contributed by atoms with E-state index in [0.717, 1.165) is 12.1 Å². The van der Waals surface area contributed by atoms with Crippen LogP contribution < -0.4 is 5.32 Å². The molecule has 1 saturated heterocycles. The largest absolute Gasteiger partial charge is 0.311 e. The Kier molecular flexibility index (Phi) is 6.28. The van der Waals surface area contributed by atoms with Gasteiger partial charge in [0.05, 0.1) is 0 Å². The Balaban J connectivity index is 0.00000161. The summed E-state index contributed by atoms with van der Waals surface area (Å²) in [4.78, 5) is 0. The maximum atomic E-state index is 3.72. The van der Waals surface area contributed by atoms with Crippen LogP contribution in [0.5, 0.6) is 0 Å².